The monoisotopic (exact) mass is 232 g/mol. The molecule has 17 heavy (non-hydrogen) atoms. The molecular formula is C15H24N2. The third-order valence-corrected chi connectivity index (χ3v) is 3.71. The number of nitrogens with one attached hydrogen (secondary N) is 1. The van der Waals surface area contributed by atoms with Gasteiger partial charge in [-0.2, -0.15) is 0 Å². The van der Waals surface area contributed by atoms with E-state index in [1.165, 1.54) is 31.5 Å². The second-order valence-electron chi connectivity index (χ2n) is 5.07. The summed E-state index contributed by atoms with van der Waals surface area (Å²) in [5, 5.41) is 3.71. The molecule has 1 aromatic carbocycles. The zero-order chi connectivity index (χ0) is 12.1. The maximum atomic E-state index is 3.71. The van der Waals surface area contributed by atoms with Crippen molar-refractivity contribution in [3.63, 3.8) is 0 Å². The molecule has 0 radical (unpaired) electrons. The lowest BCUT2D eigenvalue weighted by Crippen LogP contribution is -2.44. The van der Waals surface area contributed by atoms with Gasteiger partial charge in [0.2, 0.25) is 0 Å². The van der Waals surface area contributed by atoms with E-state index in [0.717, 1.165) is 6.54 Å². The van der Waals surface area contributed by atoms with Crippen LogP contribution in [-0.2, 0) is 0 Å². The Kier molecular flexibility index (Phi) is 4.43. The Morgan fingerprint density at radius 3 is 2.59 bits per heavy atom. The van der Waals surface area contributed by atoms with Gasteiger partial charge in [0.25, 0.3) is 0 Å². The fourth-order valence-corrected chi connectivity index (χ4v) is 2.56. The van der Waals surface area contributed by atoms with Crippen LogP contribution in [0.25, 0.3) is 0 Å². The van der Waals surface area contributed by atoms with E-state index in [1.807, 2.05) is 0 Å². The first-order valence-corrected chi connectivity index (χ1v) is 6.85. The van der Waals surface area contributed by atoms with Gasteiger partial charge in [0, 0.05) is 30.9 Å². The fourth-order valence-electron chi connectivity index (χ4n) is 2.56. The number of hydrogen-bond donors (Lipinski definition) is 1. The van der Waals surface area contributed by atoms with Gasteiger partial charge >= 0.3 is 0 Å². The molecular weight excluding hydrogens is 208 g/mol. The van der Waals surface area contributed by atoms with Crippen molar-refractivity contribution in [1.82, 2.24) is 5.32 Å². The molecule has 0 amide bonds. The number of anilines is 1. The molecule has 2 heteroatoms. The highest BCUT2D eigenvalue weighted by atomic mass is 15.1. The molecule has 1 aliphatic heterocycles. The van der Waals surface area contributed by atoms with Gasteiger partial charge in [0.15, 0.2) is 0 Å². The highest BCUT2D eigenvalue weighted by Crippen LogP contribution is 2.17. The molecule has 2 atom stereocenters. The molecule has 0 spiro atoms. The minimum Gasteiger partial charge on any atom is -0.371 e. The van der Waals surface area contributed by atoms with E-state index in [4.69, 9.17) is 0 Å². The van der Waals surface area contributed by atoms with Gasteiger partial charge in [-0.05, 0) is 38.3 Å². The zero-order valence-electron chi connectivity index (χ0n) is 11.0. The molecule has 2 rings (SSSR count). The predicted molar refractivity (Wildman–Crippen MR) is 74.6 cm³/mol. The Morgan fingerprint density at radius 1 is 1.18 bits per heavy atom. The second-order valence-corrected chi connectivity index (χ2v) is 5.07. The van der Waals surface area contributed by atoms with Gasteiger partial charge in [-0.3, -0.25) is 0 Å². The Morgan fingerprint density at radius 2 is 1.88 bits per heavy atom. The Labute approximate surface area is 105 Å². The SMILES string of the molecule is CCC1CCN(c2ccccc2)CCC(C)N1. The van der Waals surface area contributed by atoms with Crippen LogP contribution in [0.2, 0.25) is 0 Å². The molecule has 1 heterocycles. The van der Waals surface area contributed by atoms with Crippen molar-refractivity contribution in [3.8, 4) is 0 Å². The van der Waals surface area contributed by atoms with Gasteiger partial charge in [0.05, 0.1) is 0 Å². The summed E-state index contributed by atoms with van der Waals surface area (Å²) in [6.07, 6.45) is 3.70. The van der Waals surface area contributed by atoms with E-state index >= 15 is 0 Å². The average Bonchev–Trinajstić information content (AvgIpc) is 2.35. The van der Waals surface area contributed by atoms with Crippen LogP contribution in [0.1, 0.15) is 33.1 Å². The van der Waals surface area contributed by atoms with Crippen molar-refractivity contribution in [1.29, 1.82) is 0 Å². The lowest BCUT2D eigenvalue weighted by atomic mass is 10.1. The lowest BCUT2D eigenvalue weighted by Gasteiger charge is -2.33. The van der Waals surface area contributed by atoms with Crippen molar-refractivity contribution in [2.75, 3.05) is 18.0 Å². The number of rotatable bonds is 2. The molecule has 1 saturated heterocycles. The second kappa shape index (κ2) is 6.06. The maximum Gasteiger partial charge on any atom is 0.0366 e. The Bertz CT molecular complexity index is 323. The number of benzene rings is 1. The summed E-state index contributed by atoms with van der Waals surface area (Å²) in [6, 6.07) is 12.1. The van der Waals surface area contributed by atoms with Crippen molar-refractivity contribution in [2.24, 2.45) is 0 Å². The summed E-state index contributed by atoms with van der Waals surface area (Å²) in [5.74, 6) is 0. The maximum absolute atomic E-state index is 3.71. The summed E-state index contributed by atoms with van der Waals surface area (Å²) >= 11 is 0. The quantitative estimate of drug-likeness (QED) is 0.843. The highest BCUT2D eigenvalue weighted by Gasteiger charge is 2.17. The van der Waals surface area contributed by atoms with Crippen molar-refractivity contribution >= 4 is 5.69 Å². The molecule has 2 unspecified atom stereocenters. The van der Waals surface area contributed by atoms with Gasteiger partial charge in [-0.25, -0.2) is 0 Å². The zero-order valence-corrected chi connectivity index (χ0v) is 11.0. The predicted octanol–water partition coefficient (Wildman–Crippen LogP) is 3.04. The summed E-state index contributed by atoms with van der Waals surface area (Å²) in [4.78, 5) is 2.53. The summed E-state index contributed by atoms with van der Waals surface area (Å²) < 4.78 is 0. The molecule has 2 nitrogen and oxygen atoms in total. The van der Waals surface area contributed by atoms with E-state index < -0.39 is 0 Å². The first-order chi connectivity index (χ1) is 8.29. The molecule has 0 bridgehead atoms. The number of para-hydroxylation sites is 1. The molecule has 1 fully saturated rings. The van der Waals surface area contributed by atoms with E-state index in [9.17, 15) is 0 Å². The summed E-state index contributed by atoms with van der Waals surface area (Å²) in [5.41, 5.74) is 1.37. The minimum absolute atomic E-state index is 0.631. The van der Waals surface area contributed by atoms with E-state index in [-0.39, 0.29) is 0 Å². The van der Waals surface area contributed by atoms with Gasteiger partial charge in [-0.15, -0.1) is 0 Å². The van der Waals surface area contributed by atoms with Crippen LogP contribution in [0.3, 0.4) is 0 Å². The van der Waals surface area contributed by atoms with Crippen LogP contribution in [0.5, 0.6) is 0 Å². The van der Waals surface area contributed by atoms with E-state index in [2.05, 4.69) is 54.4 Å². The molecule has 0 saturated carbocycles. The van der Waals surface area contributed by atoms with Gasteiger partial charge < -0.3 is 10.2 Å². The first kappa shape index (κ1) is 12.4. The van der Waals surface area contributed by atoms with Gasteiger partial charge in [0.1, 0.15) is 0 Å². The minimum atomic E-state index is 0.631. The largest absolute Gasteiger partial charge is 0.371 e. The average molecular weight is 232 g/mol. The Hall–Kier alpha value is -1.02. The Balaban J connectivity index is 2.03. The molecule has 0 aromatic heterocycles. The van der Waals surface area contributed by atoms with Crippen molar-refractivity contribution in [2.45, 2.75) is 45.2 Å². The van der Waals surface area contributed by atoms with Crippen LogP contribution in [-0.4, -0.2) is 25.2 Å². The molecule has 0 aliphatic carbocycles. The van der Waals surface area contributed by atoms with Crippen LogP contribution in [0.15, 0.2) is 30.3 Å². The number of nitrogens with zero attached hydrogens (tertiary/aromatic N) is 1. The lowest BCUT2D eigenvalue weighted by molar-refractivity contribution is 0.378. The number of hydrogen-bond acceptors (Lipinski definition) is 2. The van der Waals surface area contributed by atoms with Crippen molar-refractivity contribution < 1.29 is 0 Å². The third-order valence-electron chi connectivity index (χ3n) is 3.71. The molecule has 1 aliphatic rings. The highest BCUT2D eigenvalue weighted by molar-refractivity contribution is 5.45. The topological polar surface area (TPSA) is 15.3 Å². The molecule has 94 valence electrons. The third kappa shape index (κ3) is 3.47. The normalized spacial score (nSPS) is 26.4. The smallest absolute Gasteiger partial charge is 0.0366 e. The van der Waals surface area contributed by atoms with Crippen LogP contribution in [0.4, 0.5) is 5.69 Å². The van der Waals surface area contributed by atoms with Crippen molar-refractivity contribution in [3.05, 3.63) is 30.3 Å². The summed E-state index contributed by atoms with van der Waals surface area (Å²) in [7, 11) is 0. The van der Waals surface area contributed by atoms with Crippen LogP contribution >= 0.6 is 0 Å². The summed E-state index contributed by atoms with van der Waals surface area (Å²) in [6.45, 7) is 6.91. The molecule has 1 aromatic rings. The molecule has 1 N–H and O–H groups in total. The first-order valence-electron chi connectivity index (χ1n) is 6.85. The van der Waals surface area contributed by atoms with Crippen LogP contribution in [0, 0.1) is 0 Å². The van der Waals surface area contributed by atoms with E-state index in [0.29, 0.717) is 12.1 Å². The fraction of sp³-hybridized carbons (Fsp3) is 0.600. The standard InChI is InChI=1S/C15H24N2/c1-3-14-10-12-17(11-9-13(2)16-14)15-7-5-4-6-8-15/h4-8,13-14,16H,3,9-12H2,1-2H3. The van der Waals surface area contributed by atoms with Gasteiger partial charge in [-0.1, -0.05) is 25.1 Å². The van der Waals surface area contributed by atoms with Crippen LogP contribution < -0.4 is 10.2 Å². The van der Waals surface area contributed by atoms with E-state index in [1.54, 1.807) is 0 Å².